The highest BCUT2D eigenvalue weighted by Crippen LogP contribution is 2.30. The van der Waals surface area contributed by atoms with E-state index < -0.39 is 0 Å². The van der Waals surface area contributed by atoms with Crippen LogP contribution in [-0.2, 0) is 6.42 Å². The molecule has 0 saturated carbocycles. The largest absolute Gasteiger partial charge is 0.265 e. The summed E-state index contributed by atoms with van der Waals surface area (Å²) in [6.07, 6.45) is 4.56. The smallest absolute Gasteiger partial charge is 0.0542 e. The van der Waals surface area contributed by atoms with E-state index in [4.69, 9.17) is 11.6 Å². The highest BCUT2D eigenvalue weighted by atomic mass is 127. The van der Waals surface area contributed by atoms with Crippen LogP contribution in [-0.4, -0.2) is 4.98 Å². The van der Waals surface area contributed by atoms with Gasteiger partial charge in [0.1, 0.15) is 0 Å². The molecule has 0 radical (unpaired) electrons. The zero-order valence-corrected chi connectivity index (χ0v) is 13.4. The fourth-order valence-electron chi connectivity index (χ4n) is 1.55. The summed E-state index contributed by atoms with van der Waals surface area (Å²) in [7, 11) is 0. The van der Waals surface area contributed by atoms with Gasteiger partial charge in [-0.3, -0.25) is 4.98 Å². The molecule has 0 saturated heterocycles. The lowest BCUT2D eigenvalue weighted by atomic mass is 10.1. The summed E-state index contributed by atoms with van der Waals surface area (Å²) in [5.74, 6) is 0. The minimum atomic E-state index is 0.277. The molecule has 0 fully saturated rings. The predicted molar refractivity (Wildman–Crippen MR) is 83.8 cm³/mol. The van der Waals surface area contributed by atoms with E-state index in [0.29, 0.717) is 0 Å². The summed E-state index contributed by atoms with van der Waals surface area (Å²) in [6.45, 7) is 0. The zero-order valence-electron chi connectivity index (χ0n) is 8.91. The molecule has 2 aromatic rings. The van der Waals surface area contributed by atoms with E-state index >= 15 is 0 Å². The van der Waals surface area contributed by atoms with Crippen molar-refractivity contribution in [3.05, 3.63) is 62.4 Å². The van der Waals surface area contributed by atoms with Gasteiger partial charge >= 0.3 is 0 Å². The Bertz CT molecular complexity index is 504. The molecule has 1 aromatic heterocycles. The van der Waals surface area contributed by atoms with E-state index in [1.807, 2.05) is 36.7 Å². The molecule has 0 spiro atoms. The molecular formula is C13H10BrClIN. The Morgan fingerprint density at radius 1 is 1.24 bits per heavy atom. The summed E-state index contributed by atoms with van der Waals surface area (Å²) in [6, 6.07) is 10.2. The summed E-state index contributed by atoms with van der Waals surface area (Å²) in [5, 5.41) is 0.808. The van der Waals surface area contributed by atoms with Gasteiger partial charge < -0.3 is 0 Å². The van der Waals surface area contributed by atoms with Gasteiger partial charge in [-0.25, -0.2) is 0 Å². The van der Waals surface area contributed by atoms with Crippen molar-refractivity contribution in [2.24, 2.45) is 0 Å². The minimum Gasteiger partial charge on any atom is -0.265 e. The van der Waals surface area contributed by atoms with Gasteiger partial charge in [0.2, 0.25) is 0 Å². The zero-order chi connectivity index (χ0) is 12.3. The van der Waals surface area contributed by atoms with Gasteiger partial charge in [-0.05, 0) is 64.4 Å². The van der Waals surface area contributed by atoms with Crippen molar-refractivity contribution in [2.75, 3.05) is 0 Å². The Kier molecular flexibility index (Phi) is 4.82. The average Bonchev–Trinajstić information content (AvgIpc) is 2.34. The molecule has 1 nitrogen and oxygen atoms in total. The topological polar surface area (TPSA) is 12.9 Å². The lowest BCUT2D eigenvalue weighted by molar-refractivity contribution is 0.944. The van der Waals surface area contributed by atoms with E-state index in [0.717, 1.165) is 15.0 Å². The van der Waals surface area contributed by atoms with E-state index in [1.165, 1.54) is 11.1 Å². The first kappa shape index (κ1) is 13.3. The third-order valence-electron chi connectivity index (χ3n) is 2.47. The number of alkyl halides is 1. The Hall–Kier alpha value is -0.130. The van der Waals surface area contributed by atoms with Crippen molar-refractivity contribution >= 4 is 50.1 Å². The number of rotatable bonds is 3. The van der Waals surface area contributed by atoms with Gasteiger partial charge in [0.25, 0.3) is 0 Å². The molecule has 1 heterocycles. The van der Waals surface area contributed by atoms with Crippen LogP contribution in [0.15, 0.2) is 42.7 Å². The van der Waals surface area contributed by atoms with E-state index in [9.17, 15) is 0 Å². The molecule has 0 aliphatic carbocycles. The van der Waals surface area contributed by atoms with Crippen LogP contribution in [0, 0.1) is 3.57 Å². The van der Waals surface area contributed by atoms with Crippen molar-refractivity contribution in [3.63, 3.8) is 0 Å². The molecule has 2 rings (SSSR count). The van der Waals surface area contributed by atoms with E-state index in [2.05, 4.69) is 49.6 Å². The quantitative estimate of drug-likeness (QED) is 0.500. The van der Waals surface area contributed by atoms with Crippen LogP contribution >= 0.6 is 50.1 Å². The fraction of sp³-hybridized carbons (Fsp3) is 0.154. The predicted octanol–water partition coefficient (Wildman–Crippen LogP) is 5.02. The van der Waals surface area contributed by atoms with Crippen LogP contribution in [0.4, 0.5) is 0 Å². The molecule has 0 aliphatic rings. The second kappa shape index (κ2) is 6.16. The number of hydrogen-bond donors (Lipinski definition) is 0. The lowest BCUT2D eigenvalue weighted by Crippen LogP contribution is -1.96. The maximum atomic E-state index is 6.12. The van der Waals surface area contributed by atoms with Crippen molar-refractivity contribution in [1.29, 1.82) is 0 Å². The standard InChI is InChI=1S/C13H10BrClIN/c14-11(7-9-3-5-17-6-4-9)10-1-2-13(16)12(15)8-10/h1-6,8,11H,7H2. The molecule has 1 unspecified atom stereocenters. The fourth-order valence-corrected chi connectivity index (χ4v) is 2.73. The normalized spacial score (nSPS) is 12.4. The van der Waals surface area contributed by atoms with Crippen LogP contribution in [0.25, 0.3) is 0 Å². The van der Waals surface area contributed by atoms with Gasteiger partial charge in [0.15, 0.2) is 0 Å². The first-order chi connectivity index (χ1) is 8.16. The molecule has 0 N–H and O–H groups in total. The molecule has 4 heteroatoms. The van der Waals surface area contributed by atoms with Crippen molar-refractivity contribution < 1.29 is 0 Å². The van der Waals surface area contributed by atoms with Crippen molar-refractivity contribution in [3.8, 4) is 0 Å². The van der Waals surface area contributed by atoms with Crippen LogP contribution in [0.3, 0.4) is 0 Å². The molecule has 0 bridgehead atoms. The minimum absolute atomic E-state index is 0.277. The number of aromatic nitrogens is 1. The van der Waals surface area contributed by atoms with Gasteiger partial charge in [-0.15, -0.1) is 0 Å². The lowest BCUT2D eigenvalue weighted by Gasteiger charge is -2.11. The van der Waals surface area contributed by atoms with Crippen molar-refractivity contribution in [2.45, 2.75) is 11.2 Å². The molecule has 1 aromatic carbocycles. The Morgan fingerprint density at radius 3 is 2.59 bits per heavy atom. The molecule has 17 heavy (non-hydrogen) atoms. The molecule has 88 valence electrons. The number of halogens is 3. The summed E-state index contributed by atoms with van der Waals surface area (Å²) < 4.78 is 1.08. The number of pyridine rings is 1. The first-order valence-electron chi connectivity index (χ1n) is 5.15. The van der Waals surface area contributed by atoms with Crippen molar-refractivity contribution in [1.82, 2.24) is 4.98 Å². The molecule has 0 aliphatic heterocycles. The second-order valence-corrected chi connectivity index (χ2v) is 6.38. The van der Waals surface area contributed by atoms with Crippen LogP contribution in [0.5, 0.6) is 0 Å². The number of benzene rings is 1. The second-order valence-electron chi connectivity index (χ2n) is 3.70. The summed E-state index contributed by atoms with van der Waals surface area (Å²) in [4.78, 5) is 4.29. The Labute approximate surface area is 128 Å². The van der Waals surface area contributed by atoms with Gasteiger partial charge in [0.05, 0.1) is 5.02 Å². The third kappa shape index (κ3) is 3.66. The highest BCUT2D eigenvalue weighted by molar-refractivity contribution is 14.1. The SMILES string of the molecule is Clc1cc(C(Br)Cc2ccncc2)ccc1I. The van der Waals surface area contributed by atoms with Crippen LogP contribution in [0.2, 0.25) is 5.02 Å². The number of nitrogens with zero attached hydrogens (tertiary/aromatic N) is 1. The average molecular weight is 422 g/mol. The molecule has 1 atom stereocenters. The molecular weight excluding hydrogens is 412 g/mol. The Balaban J connectivity index is 2.14. The maximum Gasteiger partial charge on any atom is 0.0542 e. The van der Waals surface area contributed by atoms with E-state index in [-0.39, 0.29) is 4.83 Å². The molecule has 0 amide bonds. The van der Waals surface area contributed by atoms with E-state index in [1.54, 1.807) is 0 Å². The summed E-state index contributed by atoms with van der Waals surface area (Å²) in [5.41, 5.74) is 2.46. The van der Waals surface area contributed by atoms with Crippen LogP contribution in [0.1, 0.15) is 16.0 Å². The monoisotopic (exact) mass is 421 g/mol. The van der Waals surface area contributed by atoms with Gasteiger partial charge in [-0.2, -0.15) is 0 Å². The summed E-state index contributed by atoms with van der Waals surface area (Å²) >= 11 is 12.1. The highest BCUT2D eigenvalue weighted by Gasteiger charge is 2.10. The first-order valence-corrected chi connectivity index (χ1v) is 7.52. The number of hydrogen-bond acceptors (Lipinski definition) is 1. The van der Waals surface area contributed by atoms with Gasteiger partial charge in [-0.1, -0.05) is 33.6 Å². The van der Waals surface area contributed by atoms with Gasteiger partial charge in [0, 0.05) is 20.8 Å². The Morgan fingerprint density at radius 2 is 1.94 bits per heavy atom. The third-order valence-corrected chi connectivity index (χ3v) is 4.89. The maximum absolute atomic E-state index is 6.12. The van der Waals surface area contributed by atoms with Crippen LogP contribution < -0.4 is 0 Å².